The second-order valence-electron chi connectivity index (χ2n) is 2.25. The van der Waals surface area contributed by atoms with Crippen LogP contribution in [0.1, 0.15) is 0 Å². The van der Waals surface area contributed by atoms with E-state index in [9.17, 15) is 4.39 Å². The van der Waals surface area contributed by atoms with Gasteiger partial charge >= 0.3 is 0 Å². The highest BCUT2D eigenvalue weighted by Crippen LogP contribution is 2.23. The van der Waals surface area contributed by atoms with E-state index in [4.69, 9.17) is 10.5 Å². The second kappa shape index (κ2) is 3.76. The molecule has 0 amide bonds. The first kappa shape index (κ1) is 8.59. The molecule has 0 unspecified atom stereocenters. The third kappa shape index (κ3) is 1.75. The highest BCUT2D eigenvalue weighted by molar-refractivity contribution is 5.53. The topological polar surface area (TPSA) is 35.2 Å². The molecule has 2 N–H and O–H groups in total. The molecule has 0 aliphatic carbocycles. The molecule has 0 aromatic heterocycles. The molecule has 1 aromatic carbocycles. The van der Waals surface area contributed by atoms with Gasteiger partial charge in [-0.25, -0.2) is 4.39 Å². The lowest BCUT2D eigenvalue weighted by molar-refractivity contribution is 0.363. The van der Waals surface area contributed by atoms with E-state index in [0.717, 1.165) is 0 Å². The molecule has 0 atom stereocenters. The summed E-state index contributed by atoms with van der Waals surface area (Å²) in [6.07, 6.45) is 1.57. The minimum absolute atomic E-state index is 0.0411. The second-order valence-corrected chi connectivity index (χ2v) is 2.25. The number of nitrogen functional groups attached to an aromatic ring is 1. The van der Waals surface area contributed by atoms with E-state index in [1.165, 1.54) is 6.07 Å². The smallest absolute Gasteiger partial charge is 0.149 e. The van der Waals surface area contributed by atoms with Crippen LogP contribution in [0.3, 0.4) is 0 Å². The van der Waals surface area contributed by atoms with Gasteiger partial charge in [0, 0.05) is 0 Å². The van der Waals surface area contributed by atoms with Gasteiger partial charge < -0.3 is 10.5 Å². The van der Waals surface area contributed by atoms with Crippen molar-refractivity contribution in [3.63, 3.8) is 0 Å². The maximum atomic E-state index is 12.8. The van der Waals surface area contributed by atoms with Gasteiger partial charge in [-0.2, -0.15) is 0 Å². The Morgan fingerprint density at radius 2 is 2.33 bits per heavy atom. The fourth-order valence-electron chi connectivity index (χ4n) is 0.792. The Morgan fingerprint density at radius 1 is 1.58 bits per heavy atom. The number of hydrogen-bond acceptors (Lipinski definition) is 2. The molecule has 0 fully saturated rings. The predicted octanol–water partition coefficient (Wildman–Crippen LogP) is 1.97. The number of halogens is 1. The summed E-state index contributed by atoms with van der Waals surface area (Å²) < 4.78 is 17.9. The van der Waals surface area contributed by atoms with Crippen molar-refractivity contribution in [2.75, 3.05) is 12.3 Å². The van der Waals surface area contributed by atoms with E-state index in [-0.39, 0.29) is 5.69 Å². The van der Waals surface area contributed by atoms with Crippen molar-refractivity contribution in [3.05, 3.63) is 36.7 Å². The Labute approximate surface area is 70.5 Å². The highest BCUT2D eigenvalue weighted by Gasteiger charge is 2.03. The van der Waals surface area contributed by atoms with Crippen LogP contribution in [-0.4, -0.2) is 6.61 Å². The first-order valence-electron chi connectivity index (χ1n) is 3.53. The molecule has 1 rings (SSSR count). The molecule has 0 saturated carbocycles. The summed E-state index contributed by atoms with van der Waals surface area (Å²) in [5, 5.41) is 0. The fraction of sp³-hybridized carbons (Fsp3) is 0.111. The van der Waals surface area contributed by atoms with Crippen LogP contribution in [0.15, 0.2) is 30.9 Å². The summed E-state index contributed by atoms with van der Waals surface area (Å²) in [4.78, 5) is 0. The van der Waals surface area contributed by atoms with E-state index < -0.39 is 5.82 Å². The van der Waals surface area contributed by atoms with E-state index in [1.807, 2.05) is 0 Å². The Balaban J connectivity index is 2.84. The van der Waals surface area contributed by atoms with Gasteiger partial charge in [-0.15, -0.1) is 0 Å². The van der Waals surface area contributed by atoms with Crippen molar-refractivity contribution in [3.8, 4) is 5.75 Å². The van der Waals surface area contributed by atoms with Crippen molar-refractivity contribution in [2.24, 2.45) is 0 Å². The molecule has 0 spiro atoms. The quantitative estimate of drug-likeness (QED) is 0.551. The first-order valence-corrected chi connectivity index (χ1v) is 3.53. The van der Waals surface area contributed by atoms with Gasteiger partial charge in [0.25, 0.3) is 0 Å². The normalized spacial score (nSPS) is 9.42. The largest absolute Gasteiger partial charge is 0.487 e. The number of rotatable bonds is 3. The average Bonchev–Trinajstić information content (AvgIpc) is 2.08. The summed E-state index contributed by atoms with van der Waals surface area (Å²) in [5.74, 6) is -0.105. The molecule has 0 radical (unpaired) electrons. The summed E-state index contributed by atoms with van der Waals surface area (Å²) in [5.41, 5.74) is 5.43. The van der Waals surface area contributed by atoms with Crippen molar-refractivity contribution in [1.82, 2.24) is 0 Å². The molecule has 0 bridgehead atoms. The zero-order chi connectivity index (χ0) is 8.97. The van der Waals surface area contributed by atoms with Crippen molar-refractivity contribution < 1.29 is 9.13 Å². The third-order valence-electron chi connectivity index (χ3n) is 1.37. The van der Waals surface area contributed by atoms with Crippen LogP contribution >= 0.6 is 0 Å². The maximum absolute atomic E-state index is 12.8. The number of para-hydroxylation sites is 1. The van der Waals surface area contributed by atoms with Crippen LogP contribution < -0.4 is 10.5 Å². The van der Waals surface area contributed by atoms with Gasteiger partial charge in [0.1, 0.15) is 23.9 Å². The lowest BCUT2D eigenvalue weighted by Gasteiger charge is -2.06. The van der Waals surface area contributed by atoms with Gasteiger partial charge in [-0.1, -0.05) is 18.7 Å². The van der Waals surface area contributed by atoms with Gasteiger partial charge in [0.2, 0.25) is 0 Å². The molecule has 0 aliphatic heterocycles. The van der Waals surface area contributed by atoms with Crippen LogP contribution in [0.25, 0.3) is 0 Å². The monoisotopic (exact) mass is 167 g/mol. The Morgan fingerprint density at radius 3 is 3.00 bits per heavy atom. The van der Waals surface area contributed by atoms with Crippen LogP contribution in [-0.2, 0) is 0 Å². The van der Waals surface area contributed by atoms with E-state index in [2.05, 4.69) is 6.58 Å². The Hall–Kier alpha value is -1.51. The Bertz CT molecular complexity index is 286. The van der Waals surface area contributed by atoms with Gasteiger partial charge in [0.05, 0.1) is 0 Å². The van der Waals surface area contributed by atoms with Crippen molar-refractivity contribution >= 4 is 5.69 Å². The molecule has 3 heteroatoms. The van der Waals surface area contributed by atoms with E-state index in [1.54, 1.807) is 18.2 Å². The lowest BCUT2D eigenvalue weighted by atomic mass is 10.3. The molecule has 12 heavy (non-hydrogen) atoms. The summed E-state index contributed by atoms with van der Waals surface area (Å²) in [6, 6.07) is 4.45. The van der Waals surface area contributed by atoms with E-state index >= 15 is 0 Å². The van der Waals surface area contributed by atoms with Gasteiger partial charge in [-0.3, -0.25) is 0 Å². The number of hydrogen-bond donors (Lipinski definition) is 1. The molecule has 64 valence electrons. The molecule has 0 saturated heterocycles. The SMILES string of the molecule is C=CCOc1cccc(F)c1N. The Kier molecular flexibility index (Phi) is 2.69. The van der Waals surface area contributed by atoms with Crippen molar-refractivity contribution in [1.29, 1.82) is 0 Å². The number of anilines is 1. The predicted molar refractivity (Wildman–Crippen MR) is 46.5 cm³/mol. The van der Waals surface area contributed by atoms with Crippen LogP contribution in [0.4, 0.5) is 10.1 Å². The highest BCUT2D eigenvalue weighted by atomic mass is 19.1. The standard InChI is InChI=1S/C9H10FNO/c1-2-6-12-8-5-3-4-7(10)9(8)11/h2-5H,1,6,11H2. The fourth-order valence-corrected chi connectivity index (χ4v) is 0.792. The zero-order valence-electron chi connectivity index (χ0n) is 6.59. The number of benzene rings is 1. The maximum Gasteiger partial charge on any atom is 0.149 e. The van der Waals surface area contributed by atoms with Crippen LogP contribution in [0.5, 0.6) is 5.75 Å². The molecule has 0 heterocycles. The summed E-state index contributed by atoms with van der Waals surface area (Å²) >= 11 is 0. The van der Waals surface area contributed by atoms with Crippen LogP contribution in [0, 0.1) is 5.82 Å². The zero-order valence-corrected chi connectivity index (χ0v) is 6.59. The summed E-state index contributed by atoms with van der Waals surface area (Å²) in [6.45, 7) is 3.80. The minimum Gasteiger partial charge on any atom is -0.487 e. The van der Waals surface area contributed by atoms with Crippen molar-refractivity contribution in [2.45, 2.75) is 0 Å². The summed E-state index contributed by atoms with van der Waals surface area (Å²) in [7, 11) is 0. The molecular weight excluding hydrogens is 157 g/mol. The number of nitrogens with two attached hydrogens (primary N) is 1. The van der Waals surface area contributed by atoms with Gasteiger partial charge in [-0.05, 0) is 12.1 Å². The van der Waals surface area contributed by atoms with Gasteiger partial charge in [0.15, 0.2) is 0 Å². The number of ether oxygens (including phenoxy) is 1. The third-order valence-corrected chi connectivity index (χ3v) is 1.37. The molecule has 2 nitrogen and oxygen atoms in total. The first-order chi connectivity index (χ1) is 5.75. The van der Waals surface area contributed by atoms with E-state index in [0.29, 0.717) is 12.4 Å². The minimum atomic E-state index is -0.462. The lowest BCUT2D eigenvalue weighted by Crippen LogP contribution is -1.99. The average molecular weight is 167 g/mol. The molecular formula is C9H10FNO. The molecule has 1 aromatic rings. The van der Waals surface area contributed by atoms with Crippen LogP contribution in [0.2, 0.25) is 0 Å². The molecule has 0 aliphatic rings.